The molecule has 2 aliphatic rings. The number of hydrogen-bond donors (Lipinski definition) is 0. The van der Waals surface area contributed by atoms with E-state index < -0.39 is 0 Å². The van der Waals surface area contributed by atoms with Gasteiger partial charge >= 0.3 is 5.97 Å². The molecule has 1 aliphatic carbocycles. The van der Waals surface area contributed by atoms with E-state index in [-0.39, 0.29) is 36.3 Å². The molecular weight excluding hydrogens is 381 g/mol. The van der Waals surface area contributed by atoms with Crippen LogP contribution in [-0.2, 0) is 20.9 Å². The molecule has 158 valence electrons. The number of likely N-dealkylation sites (tertiary alicyclic amines) is 1. The molecule has 4 nitrogen and oxygen atoms in total. The van der Waals surface area contributed by atoms with Crippen LogP contribution in [0.1, 0.15) is 42.7 Å². The van der Waals surface area contributed by atoms with Gasteiger partial charge < -0.3 is 9.53 Å². The fourth-order valence-corrected chi connectivity index (χ4v) is 4.61. The van der Waals surface area contributed by atoms with Gasteiger partial charge in [-0.1, -0.05) is 61.7 Å². The lowest BCUT2D eigenvalue weighted by Crippen LogP contribution is -2.43. The molecular formula is C25H28FNO3. The number of carbonyl (C=O) groups excluding carboxylic acids is 2. The van der Waals surface area contributed by atoms with Crippen LogP contribution in [0.2, 0.25) is 0 Å². The molecule has 0 amide bonds. The quantitative estimate of drug-likeness (QED) is 0.481. The third kappa shape index (κ3) is 4.78. The van der Waals surface area contributed by atoms with E-state index in [4.69, 9.17) is 4.74 Å². The van der Waals surface area contributed by atoms with Gasteiger partial charge in [0.25, 0.3) is 0 Å². The summed E-state index contributed by atoms with van der Waals surface area (Å²) in [5.41, 5.74) is 1.77. The van der Waals surface area contributed by atoms with Gasteiger partial charge in [0.05, 0.1) is 0 Å². The van der Waals surface area contributed by atoms with E-state index in [1.165, 1.54) is 18.6 Å². The summed E-state index contributed by atoms with van der Waals surface area (Å²) in [6, 6.07) is 15.7. The topological polar surface area (TPSA) is 46.6 Å². The summed E-state index contributed by atoms with van der Waals surface area (Å²) in [4.78, 5) is 26.9. The summed E-state index contributed by atoms with van der Waals surface area (Å²) in [5, 5.41) is 0. The van der Waals surface area contributed by atoms with E-state index in [0.717, 1.165) is 36.7 Å². The van der Waals surface area contributed by atoms with Crippen LogP contribution in [0.3, 0.4) is 0 Å². The van der Waals surface area contributed by atoms with Gasteiger partial charge in [0.2, 0.25) is 0 Å². The minimum absolute atomic E-state index is 0.107. The lowest BCUT2D eigenvalue weighted by Gasteiger charge is -2.33. The van der Waals surface area contributed by atoms with Gasteiger partial charge in [-0.2, -0.15) is 0 Å². The van der Waals surface area contributed by atoms with Crippen LogP contribution < -0.4 is 0 Å². The van der Waals surface area contributed by atoms with E-state index >= 15 is 0 Å². The van der Waals surface area contributed by atoms with E-state index in [1.54, 1.807) is 6.07 Å². The van der Waals surface area contributed by atoms with Gasteiger partial charge in [-0.3, -0.25) is 9.69 Å². The van der Waals surface area contributed by atoms with Crippen molar-refractivity contribution in [3.63, 3.8) is 0 Å². The first kappa shape index (κ1) is 20.7. The standard InChI is InChI=1S/C25H28FNO3/c26-22-11-5-10-20(13-22)23-15-27(14-21(23)16-28)24(12-18-8-4-9-18)25(29)30-17-19-6-2-1-3-7-19/h1-3,5-7,10-11,13,16,18,21,23-24H,4,8-9,12,14-15,17H2/t21-,23+,24+/m0/s1. The first-order valence-corrected chi connectivity index (χ1v) is 10.8. The van der Waals surface area contributed by atoms with Crippen molar-refractivity contribution in [2.45, 2.75) is 44.2 Å². The summed E-state index contributed by atoms with van der Waals surface area (Å²) in [6.07, 6.45) is 5.20. The van der Waals surface area contributed by atoms with Gasteiger partial charge in [-0.15, -0.1) is 0 Å². The zero-order chi connectivity index (χ0) is 20.9. The second kappa shape index (κ2) is 9.52. The maximum Gasteiger partial charge on any atom is 0.323 e. The Hall–Kier alpha value is -2.53. The number of nitrogens with zero attached hydrogens (tertiary/aromatic N) is 1. The molecule has 2 aromatic rings. The smallest absolute Gasteiger partial charge is 0.323 e. The lowest BCUT2D eigenvalue weighted by atomic mass is 9.80. The molecule has 2 aromatic carbocycles. The van der Waals surface area contributed by atoms with Gasteiger partial charge in [-0.05, 0) is 35.6 Å². The van der Waals surface area contributed by atoms with Crippen LogP contribution in [0.5, 0.6) is 0 Å². The van der Waals surface area contributed by atoms with E-state index in [0.29, 0.717) is 19.0 Å². The van der Waals surface area contributed by atoms with Crippen molar-refractivity contribution in [2.24, 2.45) is 11.8 Å². The van der Waals surface area contributed by atoms with Crippen LogP contribution >= 0.6 is 0 Å². The summed E-state index contributed by atoms with van der Waals surface area (Å²) in [5.74, 6) is -0.358. The molecule has 0 aromatic heterocycles. The molecule has 0 radical (unpaired) electrons. The molecule has 4 rings (SSSR count). The highest BCUT2D eigenvalue weighted by molar-refractivity contribution is 5.76. The maximum absolute atomic E-state index is 13.7. The number of ether oxygens (including phenoxy) is 1. The molecule has 1 heterocycles. The Morgan fingerprint density at radius 1 is 1.13 bits per heavy atom. The van der Waals surface area contributed by atoms with E-state index in [2.05, 4.69) is 4.90 Å². The molecule has 0 spiro atoms. The number of esters is 1. The van der Waals surface area contributed by atoms with Gasteiger partial charge in [-0.25, -0.2) is 4.39 Å². The number of halogens is 1. The number of rotatable bonds is 8. The third-order valence-electron chi connectivity index (χ3n) is 6.56. The number of benzene rings is 2. The molecule has 1 saturated carbocycles. The molecule has 3 atom stereocenters. The van der Waals surface area contributed by atoms with Gasteiger partial charge in [0.1, 0.15) is 24.8 Å². The van der Waals surface area contributed by atoms with E-state index in [9.17, 15) is 14.0 Å². The Morgan fingerprint density at radius 2 is 1.93 bits per heavy atom. The van der Waals surface area contributed by atoms with Crippen LogP contribution in [0.4, 0.5) is 4.39 Å². The van der Waals surface area contributed by atoms with Gasteiger partial charge in [0.15, 0.2) is 0 Å². The maximum atomic E-state index is 13.7. The van der Waals surface area contributed by atoms with Crippen LogP contribution in [-0.4, -0.2) is 36.3 Å². The molecule has 0 N–H and O–H groups in total. The second-order valence-corrected chi connectivity index (χ2v) is 8.56. The van der Waals surface area contributed by atoms with Crippen molar-refractivity contribution in [3.05, 3.63) is 71.5 Å². The molecule has 1 aliphatic heterocycles. The van der Waals surface area contributed by atoms with Crippen LogP contribution in [0.15, 0.2) is 54.6 Å². The van der Waals surface area contributed by atoms with Crippen molar-refractivity contribution < 1.29 is 18.7 Å². The monoisotopic (exact) mass is 409 g/mol. The van der Waals surface area contributed by atoms with Crippen LogP contribution in [0, 0.1) is 17.7 Å². The Balaban J connectivity index is 1.48. The zero-order valence-corrected chi connectivity index (χ0v) is 17.1. The molecule has 5 heteroatoms. The van der Waals surface area contributed by atoms with Crippen molar-refractivity contribution in [1.82, 2.24) is 4.90 Å². The van der Waals surface area contributed by atoms with Crippen molar-refractivity contribution >= 4 is 12.3 Å². The lowest BCUT2D eigenvalue weighted by molar-refractivity contribution is -0.152. The SMILES string of the molecule is O=C[C@@H]1CN([C@H](CC2CCC2)C(=O)OCc2ccccc2)C[C@@H]1c1cccc(F)c1. The number of carbonyl (C=O) groups is 2. The zero-order valence-electron chi connectivity index (χ0n) is 17.1. The predicted molar refractivity (Wildman–Crippen MR) is 112 cm³/mol. The average molecular weight is 410 g/mol. The largest absolute Gasteiger partial charge is 0.460 e. The predicted octanol–water partition coefficient (Wildman–Crippen LogP) is 4.34. The molecule has 0 unspecified atom stereocenters. The minimum Gasteiger partial charge on any atom is -0.460 e. The molecule has 2 fully saturated rings. The Labute approximate surface area is 177 Å². The Bertz CT molecular complexity index is 868. The van der Waals surface area contributed by atoms with Crippen molar-refractivity contribution in [2.75, 3.05) is 13.1 Å². The minimum atomic E-state index is -0.361. The summed E-state index contributed by atoms with van der Waals surface area (Å²) >= 11 is 0. The highest BCUT2D eigenvalue weighted by atomic mass is 19.1. The molecule has 30 heavy (non-hydrogen) atoms. The fraction of sp³-hybridized carbons (Fsp3) is 0.440. The summed E-state index contributed by atoms with van der Waals surface area (Å²) in [7, 11) is 0. The Kier molecular flexibility index (Phi) is 6.58. The van der Waals surface area contributed by atoms with Crippen molar-refractivity contribution in [3.8, 4) is 0 Å². The summed E-state index contributed by atoms with van der Waals surface area (Å²) < 4.78 is 19.4. The highest BCUT2D eigenvalue weighted by Crippen LogP contribution is 2.37. The van der Waals surface area contributed by atoms with Crippen LogP contribution in [0.25, 0.3) is 0 Å². The fourth-order valence-electron chi connectivity index (χ4n) is 4.61. The second-order valence-electron chi connectivity index (χ2n) is 8.56. The normalized spacial score (nSPS) is 23.0. The number of aldehydes is 1. The van der Waals surface area contributed by atoms with E-state index in [1.807, 2.05) is 36.4 Å². The van der Waals surface area contributed by atoms with Gasteiger partial charge in [0, 0.05) is 24.9 Å². The third-order valence-corrected chi connectivity index (χ3v) is 6.56. The number of hydrogen-bond acceptors (Lipinski definition) is 4. The molecule has 1 saturated heterocycles. The first-order valence-electron chi connectivity index (χ1n) is 10.8. The Morgan fingerprint density at radius 3 is 2.60 bits per heavy atom. The average Bonchev–Trinajstić information content (AvgIpc) is 3.16. The molecule has 0 bridgehead atoms. The highest BCUT2D eigenvalue weighted by Gasteiger charge is 2.41. The first-order chi connectivity index (χ1) is 14.6. The van der Waals surface area contributed by atoms with Crippen molar-refractivity contribution in [1.29, 1.82) is 0 Å². The summed E-state index contributed by atoms with van der Waals surface area (Å²) in [6.45, 7) is 1.31.